The van der Waals surface area contributed by atoms with Crippen LogP contribution in [0.4, 0.5) is 0 Å². The predicted molar refractivity (Wildman–Crippen MR) is 69.2 cm³/mol. The van der Waals surface area contributed by atoms with Gasteiger partial charge in [-0.2, -0.15) is 5.26 Å². The molecule has 0 aliphatic carbocycles. The van der Waals surface area contributed by atoms with Gasteiger partial charge in [0.05, 0.1) is 12.0 Å². The summed E-state index contributed by atoms with van der Waals surface area (Å²) in [4.78, 5) is 11.3. The number of rotatable bonds is 4. The van der Waals surface area contributed by atoms with Crippen molar-refractivity contribution < 1.29 is 9.90 Å². The molecule has 0 aliphatic rings. The Labute approximate surface area is 105 Å². The molecule has 0 aliphatic heterocycles. The molecule has 0 heterocycles. The van der Waals surface area contributed by atoms with Crippen LogP contribution in [0.3, 0.4) is 0 Å². The van der Waals surface area contributed by atoms with E-state index in [2.05, 4.69) is 0 Å². The Hall–Kier alpha value is -2.34. The van der Waals surface area contributed by atoms with Gasteiger partial charge in [-0.25, -0.2) is 0 Å². The van der Waals surface area contributed by atoms with Crippen molar-refractivity contribution in [2.24, 2.45) is 0 Å². The Balaban J connectivity index is 2.50. The average molecular weight is 239 g/mol. The molecule has 1 atom stereocenters. The highest BCUT2D eigenvalue weighted by Gasteiger charge is 2.21. The highest BCUT2D eigenvalue weighted by atomic mass is 16.4. The second kappa shape index (κ2) is 5.33. The zero-order valence-corrected chi connectivity index (χ0v) is 9.84. The molecule has 0 aromatic heterocycles. The summed E-state index contributed by atoms with van der Waals surface area (Å²) in [7, 11) is 0. The molecule has 2 rings (SSSR count). The Kier molecular flexibility index (Phi) is 3.59. The number of aliphatic carboxylic acids is 1. The van der Waals surface area contributed by atoms with Crippen LogP contribution < -0.4 is 0 Å². The summed E-state index contributed by atoms with van der Waals surface area (Å²) in [6.45, 7) is 0. The van der Waals surface area contributed by atoms with Crippen LogP contribution in [0, 0.1) is 11.3 Å². The van der Waals surface area contributed by atoms with Crippen molar-refractivity contribution in [3.63, 3.8) is 0 Å². The van der Waals surface area contributed by atoms with E-state index in [4.69, 9.17) is 5.26 Å². The SMILES string of the molecule is N#CCCC(C(=O)O)c1cccc2ccccc12. The van der Waals surface area contributed by atoms with E-state index < -0.39 is 11.9 Å². The zero-order chi connectivity index (χ0) is 13.0. The van der Waals surface area contributed by atoms with E-state index in [9.17, 15) is 9.90 Å². The van der Waals surface area contributed by atoms with E-state index >= 15 is 0 Å². The van der Waals surface area contributed by atoms with Crippen molar-refractivity contribution in [2.45, 2.75) is 18.8 Å². The molecule has 0 saturated heterocycles. The highest BCUT2D eigenvalue weighted by Crippen LogP contribution is 2.28. The lowest BCUT2D eigenvalue weighted by molar-refractivity contribution is -0.138. The summed E-state index contributed by atoms with van der Waals surface area (Å²) in [6, 6.07) is 15.4. The van der Waals surface area contributed by atoms with Crippen molar-refractivity contribution in [1.29, 1.82) is 5.26 Å². The molecule has 18 heavy (non-hydrogen) atoms. The third-order valence-corrected chi connectivity index (χ3v) is 3.04. The molecular formula is C15H13NO2. The van der Waals surface area contributed by atoms with Gasteiger partial charge in [-0.1, -0.05) is 42.5 Å². The monoisotopic (exact) mass is 239 g/mol. The van der Waals surface area contributed by atoms with Crippen LogP contribution in [0.5, 0.6) is 0 Å². The van der Waals surface area contributed by atoms with Gasteiger partial charge in [0.15, 0.2) is 0 Å². The zero-order valence-electron chi connectivity index (χ0n) is 9.84. The summed E-state index contributed by atoms with van der Waals surface area (Å²) in [5, 5.41) is 19.9. The van der Waals surface area contributed by atoms with Gasteiger partial charge in [-0.3, -0.25) is 4.79 Å². The van der Waals surface area contributed by atoms with Gasteiger partial charge in [-0.15, -0.1) is 0 Å². The predicted octanol–water partition coefficient (Wildman–Crippen LogP) is 3.31. The molecule has 0 bridgehead atoms. The van der Waals surface area contributed by atoms with Crippen molar-refractivity contribution in [1.82, 2.24) is 0 Å². The fourth-order valence-corrected chi connectivity index (χ4v) is 2.18. The maximum absolute atomic E-state index is 11.3. The quantitative estimate of drug-likeness (QED) is 0.890. The lowest BCUT2D eigenvalue weighted by Gasteiger charge is -2.13. The van der Waals surface area contributed by atoms with E-state index in [-0.39, 0.29) is 6.42 Å². The molecule has 3 heteroatoms. The fraction of sp³-hybridized carbons (Fsp3) is 0.200. The minimum absolute atomic E-state index is 0.250. The molecule has 0 amide bonds. The largest absolute Gasteiger partial charge is 0.481 e. The highest BCUT2D eigenvalue weighted by molar-refractivity contribution is 5.90. The van der Waals surface area contributed by atoms with E-state index in [1.807, 2.05) is 48.5 Å². The Morgan fingerprint density at radius 2 is 1.94 bits per heavy atom. The number of nitrogens with zero attached hydrogens (tertiary/aromatic N) is 1. The van der Waals surface area contributed by atoms with Gasteiger partial charge in [0.1, 0.15) is 0 Å². The summed E-state index contributed by atoms with van der Waals surface area (Å²) in [5.74, 6) is -1.49. The van der Waals surface area contributed by atoms with Crippen molar-refractivity contribution in [2.75, 3.05) is 0 Å². The Bertz CT molecular complexity index is 608. The molecule has 3 nitrogen and oxygen atoms in total. The Morgan fingerprint density at radius 3 is 2.67 bits per heavy atom. The normalized spacial score (nSPS) is 11.9. The molecule has 0 radical (unpaired) electrons. The number of carboxylic acids is 1. The molecular weight excluding hydrogens is 226 g/mol. The molecule has 0 spiro atoms. The first kappa shape index (κ1) is 12.1. The smallest absolute Gasteiger partial charge is 0.311 e. The fourth-order valence-electron chi connectivity index (χ4n) is 2.18. The number of carbonyl (C=O) groups is 1. The lowest BCUT2D eigenvalue weighted by atomic mass is 9.90. The second-order valence-electron chi connectivity index (χ2n) is 4.16. The maximum Gasteiger partial charge on any atom is 0.311 e. The molecule has 2 aromatic carbocycles. The van der Waals surface area contributed by atoms with Gasteiger partial charge in [0, 0.05) is 6.42 Å². The average Bonchev–Trinajstić information content (AvgIpc) is 2.39. The second-order valence-corrected chi connectivity index (χ2v) is 4.16. The first-order valence-corrected chi connectivity index (χ1v) is 5.81. The van der Waals surface area contributed by atoms with Crippen molar-refractivity contribution in [3.8, 4) is 6.07 Å². The number of hydrogen-bond acceptors (Lipinski definition) is 2. The molecule has 1 N–H and O–H groups in total. The third kappa shape index (κ3) is 2.33. The standard InChI is InChI=1S/C15H13NO2/c16-10-4-9-14(15(17)18)13-8-3-6-11-5-1-2-7-12(11)13/h1-3,5-8,14H,4,9H2,(H,17,18). The van der Waals surface area contributed by atoms with Crippen molar-refractivity contribution >= 4 is 16.7 Å². The number of fused-ring (bicyclic) bond motifs is 1. The van der Waals surface area contributed by atoms with E-state index in [1.54, 1.807) is 0 Å². The molecule has 90 valence electrons. The number of benzene rings is 2. The first-order chi connectivity index (χ1) is 8.74. The summed E-state index contributed by atoms with van der Waals surface area (Å²) < 4.78 is 0. The van der Waals surface area contributed by atoms with Crippen LogP contribution in [-0.4, -0.2) is 11.1 Å². The van der Waals surface area contributed by atoms with Gasteiger partial charge < -0.3 is 5.11 Å². The Morgan fingerprint density at radius 1 is 1.22 bits per heavy atom. The molecule has 0 saturated carbocycles. The number of carboxylic acid groups (broad SMARTS) is 1. The van der Waals surface area contributed by atoms with E-state index in [0.29, 0.717) is 6.42 Å². The first-order valence-electron chi connectivity index (χ1n) is 5.81. The van der Waals surface area contributed by atoms with Gasteiger partial charge in [0.2, 0.25) is 0 Å². The lowest BCUT2D eigenvalue weighted by Crippen LogP contribution is -2.11. The van der Waals surface area contributed by atoms with E-state index in [1.165, 1.54) is 0 Å². The number of hydrogen-bond donors (Lipinski definition) is 1. The van der Waals surface area contributed by atoms with Gasteiger partial charge in [0.25, 0.3) is 0 Å². The minimum Gasteiger partial charge on any atom is -0.481 e. The summed E-state index contributed by atoms with van der Waals surface area (Å²) >= 11 is 0. The van der Waals surface area contributed by atoms with Gasteiger partial charge in [-0.05, 0) is 22.8 Å². The van der Waals surface area contributed by atoms with Crippen LogP contribution in [0.15, 0.2) is 42.5 Å². The summed E-state index contributed by atoms with van der Waals surface area (Å²) in [6.07, 6.45) is 0.597. The summed E-state index contributed by atoms with van der Waals surface area (Å²) in [5.41, 5.74) is 0.788. The van der Waals surface area contributed by atoms with Crippen LogP contribution in [0.2, 0.25) is 0 Å². The molecule has 1 unspecified atom stereocenters. The van der Waals surface area contributed by atoms with Crippen LogP contribution in [0.25, 0.3) is 10.8 Å². The minimum atomic E-state index is -0.874. The van der Waals surface area contributed by atoms with Crippen LogP contribution >= 0.6 is 0 Å². The van der Waals surface area contributed by atoms with Crippen LogP contribution in [0.1, 0.15) is 24.3 Å². The van der Waals surface area contributed by atoms with Crippen molar-refractivity contribution in [3.05, 3.63) is 48.0 Å². The molecule has 0 fully saturated rings. The third-order valence-electron chi connectivity index (χ3n) is 3.04. The number of nitriles is 1. The van der Waals surface area contributed by atoms with E-state index in [0.717, 1.165) is 16.3 Å². The van der Waals surface area contributed by atoms with Gasteiger partial charge >= 0.3 is 5.97 Å². The van der Waals surface area contributed by atoms with Crippen LogP contribution in [-0.2, 0) is 4.79 Å². The maximum atomic E-state index is 11.3. The molecule has 2 aromatic rings. The topological polar surface area (TPSA) is 61.1 Å².